The Kier molecular flexibility index (Phi) is 4.13. The minimum Gasteiger partial charge on any atom is -0.315 e. The number of aryl methyl sites for hydroxylation is 1. The Morgan fingerprint density at radius 2 is 2.29 bits per heavy atom. The molecule has 0 radical (unpaired) electrons. The fraction of sp³-hybridized carbons (Fsp3) is 0.571. The number of hydrogen-bond acceptors (Lipinski definition) is 2. The fourth-order valence-corrected chi connectivity index (χ4v) is 2.48. The maximum Gasteiger partial charge on any atom is 0.123 e. The van der Waals surface area contributed by atoms with E-state index in [-0.39, 0.29) is 5.82 Å². The van der Waals surface area contributed by atoms with Crippen molar-refractivity contribution < 1.29 is 4.39 Å². The van der Waals surface area contributed by atoms with E-state index in [0.29, 0.717) is 6.04 Å². The molecule has 1 aliphatic rings. The summed E-state index contributed by atoms with van der Waals surface area (Å²) in [5, 5.41) is 3.38. The summed E-state index contributed by atoms with van der Waals surface area (Å²) in [6.07, 6.45) is 1.20. The van der Waals surface area contributed by atoms with E-state index in [9.17, 15) is 4.39 Å². The molecule has 2 nitrogen and oxygen atoms in total. The zero-order valence-corrected chi connectivity index (χ0v) is 10.7. The highest BCUT2D eigenvalue weighted by molar-refractivity contribution is 5.26. The molecule has 1 aromatic carbocycles. The Bertz CT molecular complexity index is 372. The Hall–Kier alpha value is -0.930. The first kappa shape index (κ1) is 12.5. The lowest BCUT2D eigenvalue weighted by atomic mass is 10.1. The van der Waals surface area contributed by atoms with Gasteiger partial charge in [-0.25, -0.2) is 4.39 Å². The highest BCUT2D eigenvalue weighted by atomic mass is 19.1. The van der Waals surface area contributed by atoms with Crippen LogP contribution in [-0.2, 0) is 6.54 Å². The normalized spacial score (nSPS) is 20.1. The van der Waals surface area contributed by atoms with Crippen LogP contribution in [0.15, 0.2) is 18.2 Å². The first-order valence-electron chi connectivity index (χ1n) is 6.40. The van der Waals surface area contributed by atoms with Crippen LogP contribution in [0.1, 0.15) is 24.5 Å². The summed E-state index contributed by atoms with van der Waals surface area (Å²) < 4.78 is 13.2. The number of rotatable bonds is 4. The lowest BCUT2D eigenvalue weighted by Crippen LogP contribution is -2.36. The van der Waals surface area contributed by atoms with Gasteiger partial charge in [-0.05, 0) is 49.7 Å². The van der Waals surface area contributed by atoms with Gasteiger partial charge < -0.3 is 5.32 Å². The summed E-state index contributed by atoms with van der Waals surface area (Å²) in [4.78, 5) is 2.43. The van der Waals surface area contributed by atoms with Crippen molar-refractivity contribution in [3.63, 3.8) is 0 Å². The SMILES string of the molecule is CCN(Cc1cc(F)ccc1C)C1CCNC1. The topological polar surface area (TPSA) is 15.3 Å². The van der Waals surface area contributed by atoms with Gasteiger partial charge in [0, 0.05) is 19.1 Å². The maximum absolute atomic E-state index is 13.2. The van der Waals surface area contributed by atoms with Gasteiger partial charge in [0.1, 0.15) is 5.82 Å². The van der Waals surface area contributed by atoms with E-state index in [1.54, 1.807) is 6.07 Å². The number of nitrogens with one attached hydrogen (secondary N) is 1. The van der Waals surface area contributed by atoms with Gasteiger partial charge in [0.25, 0.3) is 0 Å². The summed E-state index contributed by atoms with van der Waals surface area (Å²) >= 11 is 0. The molecule has 1 heterocycles. The predicted octanol–water partition coefficient (Wildman–Crippen LogP) is 2.32. The molecule has 1 unspecified atom stereocenters. The largest absolute Gasteiger partial charge is 0.315 e. The molecule has 0 bridgehead atoms. The third kappa shape index (κ3) is 3.05. The van der Waals surface area contributed by atoms with E-state index >= 15 is 0 Å². The minimum absolute atomic E-state index is 0.133. The van der Waals surface area contributed by atoms with Crippen LogP contribution in [0.3, 0.4) is 0 Å². The first-order chi connectivity index (χ1) is 8.20. The fourth-order valence-electron chi connectivity index (χ4n) is 2.48. The molecular weight excluding hydrogens is 215 g/mol. The van der Waals surface area contributed by atoms with Crippen LogP contribution in [0.5, 0.6) is 0 Å². The maximum atomic E-state index is 13.2. The van der Waals surface area contributed by atoms with E-state index in [0.717, 1.165) is 31.7 Å². The van der Waals surface area contributed by atoms with Crippen LogP contribution in [0.4, 0.5) is 4.39 Å². The molecule has 0 saturated carbocycles. The van der Waals surface area contributed by atoms with Crippen LogP contribution < -0.4 is 5.32 Å². The van der Waals surface area contributed by atoms with E-state index < -0.39 is 0 Å². The average molecular weight is 236 g/mol. The van der Waals surface area contributed by atoms with E-state index in [2.05, 4.69) is 24.1 Å². The van der Waals surface area contributed by atoms with Crippen molar-refractivity contribution in [1.82, 2.24) is 10.2 Å². The molecule has 1 aromatic rings. The third-order valence-electron chi connectivity index (χ3n) is 3.64. The summed E-state index contributed by atoms with van der Waals surface area (Å²) in [5.74, 6) is -0.133. The van der Waals surface area contributed by atoms with Crippen molar-refractivity contribution in [2.75, 3.05) is 19.6 Å². The number of benzene rings is 1. The molecule has 3 heteroatoms. The molecule has 0 aromatic heterocycles. The van der Waals surface area contributed by atoms with E-state index in [1.165, 1.54) is 18.1 Å². The number of likely N-dealkylation sites (N-methyl/N-ethyl adjacent to an activating group) is 1. The second kappa shape index (κ2) is 5.61. The second-order valence-corrected chi connectivity index (χ2v) is 4.78. The third-order valence-corrected chi connectivity index (χ3v) is 3.64. The number of hydrogen-bond donors (Lipinski definition) is 1. The van der Waals surface area contributed by atoms with Crippen molar-refractivity contribution in [2.45, 2.75) is 32.9 Å². The minimum atomic E-state index is -0.133. The smallest absolute Gasteiger partial charge is 0.123 e. The van der Waals surface area contributed by atoms with Gasteiger partial charge in [-0.1, -0.05) is 13.0 Å². The van der Waals surface area contributed by atoms with Crippen LogP contribution in [-0.4, -0.2) is 30.6 Å². The van der Waals surface area contributed by atoms with Gasteiger partial charge in [0.05, 0.1) is 0 Å². The van der Waals surface area contributed by atoms with Gasteiger partial charge in [-0.2, -0.15) is 0 Å². The molecule has 0 spiro atoms. The highest BCUT2D eigenvalue weighted by Gasteiger charge is 2.21. The molecule has 0 aliphatic carbocycles. The van der Waals surface area contributed by atoms with Gasteiger partial charge in [-0.3, -0.25) is 4.90 Å². The summed E-state index contributed by atoms with van der Waals surface area (Å²) in [7, 11) is 0. The zero-order valence-electron chi connectivity index (χ0n) is 10.7. The Labute approximate surface area is 103 Å². The lowest BCUT2D eigenvalue weighted by Gasteiger charge is -2.27. The zero-order chi connectivity index (χ0) is 12.3. The number of nitrogens with zero attached hydrogens (tertiary/aromatic N) is 1. The Morgan fingerprint density at radius 3 is 2.94 bits per heavy atom. The second-order valence-electron chi connectivity index (χ2n) is 4.78. The van der Waals surface area contributed by atoms with Gasteiger partial charge in [0.15, 0.2) is 0 Å². The van der Waals surface area contributed by atoms with Crippen molar-refractivity contribution in [3.8, 4) is 0 Å². The molecule has 0 amide bonds. The molecule has 1 saturated heterocycles. The van der Waals surface area contributed by atoms with Gasteiger partial charge in [0.2, 0.25) is 0 Å². The standard InChI is InChI=1S/C14H21FN2/c1-3-17(14-6-7-16-9-14)10-12-8-13(15)5-4-11(12)2/h4-5,8,14,16H,3,6-7,9-10H2,1-2H3. The molecule has 2 rings (SSSR count). The molecule has 1 aliphatic heterocycles. The van der Waals surface area contributed by atoms with Crippen molar-refractivity contribution >= 4 is 0 Å². The first-order valence-corrected chi connectivity index (χ1v) is 6.40. The van der Waals surface area contributed by atoms with Gasteiger partial charge >= 0.3 is 0 Å². The van der Waals surface area contributed by atoms with Crippen molar-refractivity contribution in [2.24, 2.45) is 0 Å². The van der Waals surface area contributed by atoms with Crippen LogP contribution in [0.25, 0.3) is 0 Å². The highest BCUT2D eigenvalue weighted by Crippen LogP contribution is 2.16. The molecule has 17 heavy (non-hydrogen) atoms. The molecule has 1 N–H and O–H groups in total. The quantitative estimate of drug-likeness (QED) is 0.863. The molecule has 1 atom stereocenters. The van der Waals surface area contributed by atoms with Crippen LogP contribution >= 0.6 is 0 Å². The number of halogens is 1. The predicted molar refractivity (Wildman–Crippen MR) is 68.5 cm³/mol. The van der Waals surface area contributed by atoms with Crippen LogP contribution in [0.2, 0.25) is 0 Å². The summed E-state index contributed by atoms with van der Waals surface area (Å²) in [5.41, 5.74) is 2.29. The van der Waals surface area contributed by atoms with Crippen molar-refractivity contribution in [3.05, 3.63) is 35.1 Å². The average Bonchev–Trinajstić information content (AvgIpc) is 2.84. The molecule has 1 fully saturated rings. The summed E-state index contributed by atoms with van der Waals surface area (Å²) in [6.45, 7) is 8.25. The lowest BCUT2D eigenvalue weighted by molar-refractivity contribution is 0.210. The molecular formula is C14H21FN2. The van der Waals surface area contributed by atoms with Gasteiger partial charge in [-0.15, -0.1) is 0 Å². The Morgan fingerprint density at radius 1 is 1.47 bits per heavy atom. The monoisotopic (exact) mass is 236 g/mol. The van der Waals surface area contributed by atoms with Crippen molar-refractivity contribution in [1.29, 1.82) is 0 Å². The Balaban J connectivity index is 2.09. The van der Waals surface area contributed by atoms with E-state index in [4.69, 9.17) is 0 Å². The molecule has 94 valence electrons. The van der Waals surface area contributed by atoms with E-state index in [1.807, 2.05) is 6.07 Å². The summed E-state index contributed by atoms with van der Waals surface area (Å²) in [6, 6.07) is 5.67. The van der Waals surface area contributed by atoms with Crippen LogP contribution in [0, 0.1) is 12.7 Å².